The van der Waals surface area contributed by atoms with E-state index in [1.54, 1.807) is 41.6 Å². The van der Waals surface area contributed by atoms with Crippen LogP contribution in [0.1, 0.15) is 29.2 Å². The van der Waals surface area contributed by atoms with Crippen LogP contribution >= 0.6 is 0 Å². The molecule has 2 aromatic carbocycles. The highest BCUT2D eigenvalue weighted by Gasteiger charge is 2.35. The van der Waals surface area contributed by atoms with Gasteiger partial charge >= 0.3 is 0 Å². The van der Waals surface area contributed by atoms with Gasteiger partial charge in [-0.1, -0.05) is 0 Å². The van der Waals surface area contributed by atoms with E-state index in [0.29, 0.717) is 35.2 Å². The maximum atomic E-state index is 12.8. The molecule has 0 N–H and O–H groups in total. The van der Waals surface area contributed by atoms with Crippen LogP contribution in [0.5, 0.6) is 28.7 Å². The first kappa shape index (κ1) is 20.9. The van der Waals surface area contributed by atoms with Gasteiger partial charge in [-0.25, -0.2) is 0 Å². The van der Waals surface area contributed by atoms with E-state index in [-0.39, 0.29) is 11.8 Å². The normalized spacial score (nSPS) is 17.3. The van der Waals surface area contributed by atoms with Gasteiger partial charge in [-0.3, -0.25) is 4.79 Å². The van der Waals surface area contributed by atoms with Gasteiger partial charge in [0.25, 0.3) is 0 Å². The van der Waals surface area contributed by atoms with E-state index in [0.717, 1.165) is 35.4 Å². The number of nitrogens with zero attached hydrogens (tertiary/aromatic N) is 1. The summed E-state index contributed by atoms with van der Waals surface area (Å²) in [7, 11) is 8.01. The molecule has 7 heteroatoms. The molecule has 0 fully saturated rings. The maximum absolute atomic E-state index is 12.8. The minimum atomic E-state index is -0.137. The Morgan fingerprint density at radius 2 is 1.42 bits per heavy atom. The van der Waals surface area contributed by atoms with Crippen molar-refractivity contribution in [1.82, 2.24) is 4.90 Å². The Morgan fingerprint density at radius 1 is 0.806 bits per heavy atom. The Kier molecular flexibility index (Phi) is 5.67. The topological polar surface area (TPSA) is 66.5 Å². The Balaban J connectivity index is 1.80. The molecule has 0 aromatic heterocycles. The van der Waals surface area contributed by atoms with Gasteiger partial charge in [0.1, 0.15) is 0 Å². The first-order valence-electron chi connectivity index (χ1n) is 10.1. The third kappa shape index (κ3) is 3.54. The van der Waals surface area contributed by atoms with Crippen molar-refractivity contribution in [2.45, 2.75) is 18.9 Å². The zero-order chi connectivity index (χ0) is 22.1. The molecular weight excluding hydrogens is 398 g/mol. The first-order chi connectivity index (χ1) is 15.0. The summed E-state index contributed by atoms with van der Waals surface area (Å²) in [5.74, 6) is 3.10. The van der Waals surface area contributed by atoms with Crippen LogP contribution in [-0.2, 0) is 11.2 Å². The van der Waals surface area contributed by atoms with E-state index in [9.17, 15) is 4.79 Å². The SMILES string of the molecule is COc1cc2c(cc1OC)C1=CC(=O)C[C@H](c3cc(OC)c(OC)c(OC)c3)N1CC2. The third-order valence-electron chi connectivity index (χ3n) is 5.96. The number of benzene rings is 2. The molecule has 0 amide bonds. The van der Waals surface area contributed by atoms with Gasteiger partial charge < -0.3 is 28.6 Å². The van der Waals surface area contributed by atoms with Gasteiger partial charge in [0.2, 0.25) is 5.75 Å². The van der Waals surface area contributed by atoms with Crippen LogP contribution in [0.3, 0.4) is 0 Å². The summed E-state index contributed by atoms with van der Waals surface area (Å²) >= 11 is 0. The molecule has 0 spiro atoms. The van der Waals surface area contributed by atoms with E-state index < -0.39 is 0 Å². The van der Waals surface area contributed by atoms with Crippen LogP contribution in [0.15, 0.2) is 30.3 Å². The lowest BCUT2D eigenvalue weighted by Gasteiger charge is -2.42. The molecule has 2 aromatic rings. The molecule has 1 atom stereocenters. The van der Waals surface area contributed by atoms with E-state index in [1.807, 2.05) is 24.3 Å². The summed E-state index contributed by atoms with van der Waals surface area (Å²) in [4.78, 5) is 15.0. The van der Waals surface area contributed by atoms with Gasteiger partial charge in [0.05, 0.1) is 41.6 Å². The fourth-order valence-electron chi connectivity index (χ4n) is 4.47. The molecule has 2 aliphatic heterocycles. The van der Waals surface area contributed by atoms with Crippen LogP contribution in [0.2, 0.25) is 0 Å². The van der Waals surface area contributed by atoms with Gasteiger partial charge in [0, 0.05) is 30.3 Å². The van der Waals surface area contributed by atoms with Crippen molar-refractivity contribution in [2.24, 2.45) is 0 Å². The first-order valence-corrected chi connectivity index (χ1v) is 10.1. The zero-order valence-corrected chi connectivity index (χ0v) is 18.5. The summed E-state index contributed by atoms with van der Waals surface area (Å²) in [5.41, 5.74) is 3.97. The van der Waals surface area contributed by atoms with Crippen LogP contribution in [0, 0.1) is 0 Å². The van der Waals surface area contributed by atoms with Gasteiger partial charge in [-0.15, -0.1) is 0 Å². The largest absolute Gasteiger partial charge is 0.493 e. The monoisotopic (exact) mass is 425 g/mol. The number of carbonyl (C=O) groups excluding carboxylic acids is 1. The van der Waals surface area contributed by atoms with Crippen LogP contribution in [-0.4, -0.2) is 52.8 Å². The van der Waals surface area contributed by atoms with E-state index in [1.165, 1.54) is 0 Å². The van der Waals surface area contributed by atoms with Crippen molar-refractivity contribution >= 4 is 11.5 Å². The predicted octanol–water partition coefficient (Wildman–Crippen LogP) is 3.64. The lowest BCUT2D eigenvalue weighted by molar-refractivity contribution is -0.116. The number of ketones is 1. The Bertz CT molecular complexity index is 1020. The number of hydrogen-bond donors (Lipinski definition) is 0. The Hall–Kier alpha value is -3.35. The van der Waals surface area contributed by atoms with Crippen LogP contribution in [0.25, 0.3) is 5.70 Å². The van der Waals surface area contributed by atoms with Crippen molar-refractivity contribution < 1.29 is 28.5 Å². The molecule has 2 aliphatic rings. The molecule has 0 saturated carbocycles. The zero-order valence-electron chi connectivity index (χ0n) is 18.5. The summed E-state index contributed by atoms with van der Waals surface area (Å²) in [5, 5.41) is 0. The maximum Gasteiger partial charge on any atom is 0.203 e. The van der Waals surface area contributed by atoms with Crippen molar-refractivity contribution in [2.75, 3.05) is 42.1 Å². The fourth-order valence-corrected chi connectivity index (χ4v) is 4.47. The number of fused-ring (bicyclic) bond motifs is 3. The quantitative estimate of drug-likeness (QED) is 0.700. The summed E-state index contributed by atoms with van der Waals surface area (Å²) in [6.45, 7) is 0.781. The highest BCUT2D eigenvalue weighted by molar-refractivity contribution is 5.99. The summed E-state index contributed by atoms with van der Waals surface area (Å²) in [6, 6.07) is 7.66. The molecule has 7 nitrogen and oxygen atoms in total. The molecule has 0 saturated heterocycles. The number of allylic oxidation sites excluding steroid dienone is 1. The Labute approximate surface area is 182 Å². The number of ether oxygens (including phenoxy) is 5. The van der Waals surface area contributed by atoms with Crippen molar-refractivity contribution in [3.8, 4) is 28.7 Å². The predicted molar refractivity (Wildman–Crippen MR) is 116 cm³/mol. The molecule has 31 heavy (non-hydrogen) atoms. The van der Waals surface area contributed by atoms with Gasteiger partial charge in [-0.05, 0) is 41.8 Å². The van der Waals surface area contributed by atoms with E-state index in [4.69, 9.17) is 23.7 Å². The highest BCUT2D eigenvalue weighted by Crippen LogP contribution is 2.46. The van der Waals surface area contributed by atoms with Crippen LogP contribution in [0.4, 0.5) is 0 Å². The third-order valence-corrected chi connectivity index (χ3v) is 5.96. The molecule has 2 heterocycles. The van der Waals surface area contributed by atoms with E-state index >= 15 is 0 Å². The average Bonchev–Trinajstić information content (AvgIpc) is 2.81. The summed E-state index contributed by atoms with van der Waals surface area (Å²) < 4.78 is 27.5. The molecule has 0 radical (unpaired) electrons. The van der Waals surface area contributed by atoms with Gasteiger partial charge in [0.15, 0.2) is 28.8 Å². The Morgan fingerprint density at radius 3 is 2.00 bits per heavy atom. The van der Waals surface area contributed by atoms with Crippen molar-refractivity contribution in [3.05, 3.63) is 47.0 Å². The molecule has 164 valence electrons. The number of rotatable bonds is 6. The number of hydrogen-bond acceptors (Lipinski definition) is 7. The molecule has 4 rings (SSSR count). The van der Waals surface area contributed by atoms with E-state index in [2.05, 4.69) is 4.90 Å². The standard InChI is InChI=1S/C24H27NO6/c1-27-20-8-14-6-7-25-18(11-16(26)12-19(25)17(14)13-21(20)28-2)15-9-22(29-3)24(31-5)23(10-15)30-4/h8-10,12-13,18H,6-7,11H2,1-5H3/t18-/m1/s1. The molecule has 0 unspecified atom stereocenters. The number of carbonyl (C=O) groups is 1. The van der Waals surface area contributed by atoms with Crippen molar-refractivity contribution in [1.29, 1.82) is 0 Å². The van der Waals surface area contributed by atoms with Gasteiger partial charge in [-0.2, -0.15) is 0 Å². The van der Waals surface area contributed by atoms with Crippen LogP contribution < -0.4 is 23.7 Å². The van der Waals surface area contributed by atoms with Crippen molar-refractivity contribution in [3.63, 3.8) is 0 Å². The molecule has 0 aliphatic carbocycles. The minimum Gasteiger partial charge on any atom is -0.493 e. The fraction of sp³-hybridized carbons (Fsp3) is 0.375. The second-order valence-corrected chi connectivity index (χ2v) is 7.48. The second kappa shape index (κ2) is 8.41. The summed E-state index contributed by atoms with van der Waals surface area (Å²) in [6.07, 6.45) is 2.95. The molecule has 0 bridgehead atoms. The average molecular weight is 425 g/mol. The number of methoxy groups -OCH3 is 5. The minimum absolute atomic E-state index is 0.0765. The smallest absolute Gasteiger partial charge is 0.203 e. The lowest BCUT2D eigenvalue weighted by atomic mass is 9.87. The second-order valence-electron chi connectivity index (χ2n) is 7.48. The highest BCUT2D eigenvalue weighted by atomic mass is 16.5. The molecular formula is C24H27NO6. The lowest BCUT2D eigenvalue weighted by Crippen LogP contribution is -2.37.